The van der Waals surface area contributed by atoms with Crippen molar-refractivity contribution in [2.75, 3.05) is 24.6 Å². The van der Waals surface area contributed by atoms with Gasteiger partial charge >= 0.3 is 5.97 Å². The topological polar surface area (TPSA) is 42.4 Å². The van der Waals surface area contributed by atoms with Gasteiger partial charge in [-0.05, 0) is 13.3 Å². The lowest BCUT2D eigenvalue weighted by Crippen LogP contribution is -2.31. The van der Waals surface area contributed by atoms with E-state index in [9.17, 15) is 4.79 Å². The summed E-state index contributed by atoms with van der Waals surface area (Å²) in [6, 6.07) is 0. The van der Waals surface area contributed by atoms with Gasteiger partial charge < -0.3 is 9.64 Å². The van der Waals surface area contributed by atoms with Crippen molar-refractivity contribution in [1.82, 2.24) is 4.98 Å². The lowest BCUT2D eigenvalue weighted by molar-refractivity contribution is -0.141. The number of thiazole rings is 1. The Morgan fingerprint density at radius 2 is 2.40 bits per heavy atom. The summed E-state index contributed by atoms with van der Waals surface area (Å²) in [5.41, 5.74) is 0. The summed E-state index contributed by atoms with van der Waals surface area (Å²) in [5, 5.41) is 2.79. The number of esters is 1. The van der Waals surface area contributed by atoms with Gasteiger partial charge in [-0.25, -0.2) is 4.98 Å². The summed E-state index contributed by atoms with van der Waals surface area (Å²) >= 11 is 1.54. The van der Waals surface area contributed by atoms with E-state index in [2.05, 4.69) is 11.9 Å². The minimum Gasteiger partial charge on any atom is -0.465 e. The van der Waals surface area contributed by atoms with Gasteiger partial charge in [0.2, 0.25) is 0 Å². The van der Waals surface area contributed by atoms with Gasteiger partial charge in [-0.1, -0.05) is 6.92 Å². The first kappa shape index (κ1) is 12.0. The van der Waals surface area contributed by atoms with Crippen LogP contribution < -0.4 is 4.90 Å². The van der Waals surface area contributed by atoms with Crippen molar-refractivity contribution in [1.29, 1.82) is 0 Å². The molecule has 0 saturated carbocycles. The standard InChI is InChI=1S/C10H16N2O2S/c1-3-6-12(8-9(13)14-4-2)10-11-5-7-15-10/h5,7H,3-4,6,8H2,1-2H3. The minimum absolute atomic E-state index is 0.193. The number of hydrogen-bond donors (Lipinski definition) is 0. The number of carbonyl (C=O) groups excluding carboxylic acids is 1. The van der Waals surface area contributed by atoms with Crippen LogP contribution in [-0.2, 0) is 9.53 Å². The van der Waals surface area contributed by atoms with E-state index in [4.69, 9.17) is 4.74 Å². The molecular formula is C10H16N2O2S. The fourth-order valence-electron chi connectivity index (χ4n) is 1.25. The molecule has 5 heteroatoms. The minimum atomic E-state index is -0.193. The van der Waals surface area contributed by atoms with Crippen LogP contribution in [-0.4, -0.2) is 30.6 Å². The number of ether oxygens (including phenoxy) is 1. The van der Waals surface area contributed by atoms with Gasteiger partial charge in [-0.3, -0.25) is 4.79 Å². The lowest BCUT2D eigenvalue weighted by atomic mass is 10.4. The molecule has 1 heterocycles. The number of hydrogen-bond acceptors (Lipinski definition) is 5. The maximum atomic E-state index is 11.3. The molecule has 0 saturated heterocycles. The fraction of sp³-hybridized carbons (Fsp3) is 0.600. The Morgan fingerprint density at radius 1 is 1.60 bits per heavy atom. The van der Waals surface area contributed by atoms with Crippen molar-refractivity contribution >= 4 is 22.4 Å². The second-order valence-electron chi connectivity index (χ2n) is 3.04. The van der Waals surface area contributed by atoms with Crippen LogP contribution in [0.3, 0.4) is 0 Å². The molecule has 0 amide bonds. The van der Waals surface area contributed by atoms with Gasteiger partial charge in [0.05, 0.1) is 6.61 Å². The Balaban J connectivity index is 2.55. The van der Waals surface area contributed by atoms with Crippen LogP contribution in [0, 0.1) is 0 Å². The van der Waals surface area contributed by atoms with E-state index in [1.165, 1.54) is 11.3 Å². The first-order chi connectivity index (χ1) is 7.27. The summed E-state index contributed by atoms with van der Waals surface area (Å²) in [6.45, 7) is 5.43. The zero-order valence-corrected chi connectivity index (χ0v) is 9.92. The zero-order valence-electron chi connectivity index (χ0n) is 9.10. The van der Waals surface area contributed by atoms with E-state index in [1.54, 1.807) is 6.20 Å². The summed E-state index contributed by atoms with van der Waals surface area (Å²) < 4.78 is 4.91. The third-order valence-electron chi connectivity index (χ3n) is 1.81. The van der Waals surface area contributed by atoms with E-state index >= 15 is 0 Å². The van der Waals surface area contributed by atoms with Crippen LogP contribution in [0.2, 0.25) is 0 Å². The fourth-order valence-corrected chi connectivity index (χ4v) is 1.92. The molecule has 0 fully saturated rings. The van der Waals surface area contributed by atoms with Crippen LogP contribution in [0.1, 0.15) is 20.3 Å². The number of carbonyl (C=O) groups is 1. The zero-order chi connectivity index (χ0) is 11.1. The normalized spacial score (nSPS) is 10.0. The van der Waals surface area contributed by atoms with Crippen LogP contribution in [0.5, 0.6) is 0 Å². The summed E-state index contributed by atoms with van der Waals surface area (Å²) in [5.74, 6) is -0.193. The predicted molar refractivity (Wildman–Crippen MR) is 61.3 cm³/mol. The lowest BCUT2D eigenvalue weighted by Gasteiger charge is -2.19. The van der Waals surface area contributed by atoms with Crippen LogP contribution in [0.4, 0.5) is 5.13 Å². The molecule has 0 unspecified atom stereocenters. The highest BCUT2D eigenvalue weighted by Crippen LogP contribution is 2.17. The second kappa shape index (κ2) is 6.40. The number of nitrogens with zero attached hydrogens (tertiary/aromatic N) is 2. The monoisotopic (exact) mass is 228 g/mol. The van der Waals surface area contributed by atoms with Gasteiger partial charge in [-0.2, -0.15) is 0 Å². The highest BCUT2D eigenvalue weighted by Gasteiger charge is 2.13. The number of anilines is 1. The van der Waals surface area contributed by atoms with Crippen LogP contribution >= 0.6 is 11.3 Å². The molecule has 0 spiro atoms. The molecule has 1 rings (SSSR count). The maximum Gasteiger partial charge on any atom is 0.325 e. The van der Waals surface area contributed by atoms with E-state index in [0.717, 1.165) is 18.1 Å². The molecule has 4 nitrogen and oxygen atoms in total. The van der Waals surface area contributed by atoms with Gasteiger partial charge in [0.25, 0.3) is 0 Å². The molecule has 1 aromatic heterocycles. The molecular weight excluding hydrogens is 212 g/mol. The molecule has 0 bridgehead atoms. The maximum absolute atomic E-state index is 11.3. The van der Waals surface area contributed by atoms with E-state index in [1.807, 2.05) is 17.2 Å². The van der Waals surface area contributed by atoms with Crippen molar-refractivity contribution in [2.45, 2.75) is 20.3 Å². The number of rotatable bonds is 6. The molecule has 0 radical (unpaired) electrons. The molecule has 0 aliphatic heterocycles. The molecule has 0 atom stereocenters. The van der Waals surface area contributed by atoms with Gasteiger partial charge in [0.15, 0.2) is 5.13 Å². The summed E-state index contributed by atoms with van der Waals surface area (Å²) in [7, 11) is 0. The van der Waals surface area contributed by atoms with Crippen LogP contribution in [0.25, 0.3) is 0 Å². The second-order valence-corrected chi connectivity index (χ2v) is 3.91. The molecule has 0 aliphatic carbocycles. The highest BCUT2D eigenvalue weighted by atomic mass is 32.1. The quantitative estimate of drug-likeness (QED) is 0.698. The van der Waals surface area contributed by atoms with Crippen molar-refractivity contribution in [2.24, 2.45) is 0 Å². The van der Waals surface area contributed by atoms with Crippen LogP contribution in [0.15, 0.2) is 11.6 Å². The average Bonchev–Trinajstić information content (AvgIpc) is 2.70. The Morgan fingerprint density at radius 3 is 2.93 bits per heavy atom. The average molecular weight is 228 g/mol. The smallest absolute Gasteiger partial charge is 0.325 e. The molecule has 1 aromatic rings. The third-order valence-corrected chi connectivity index (χ3v) is 2.64. The molecule has 84 valence electrons. The molecule has 0 aliphatic rings. The predicted octanol–water partition coefficient (Wildman–Crippen LogP) is 1.92. The first-order valence-corrected chi connectivity index (χ1v) is 5.96. The Bertz CT molecular complexity index is 288. The highest BCUT2D eigenvalue weighted by molar-refractivity contribution is 7.13. The summed E-state index contributed by atoms with van der Waals surface area (Å²) in [4.78, 5) is 17.5. The third kappa shape index (κ3) is 3.87. The van der Waals surface area contributed by atoms with E-state index in [0.29, 0.717) is 6.61 Å². The Kier molecular flexibility index (Phi) is 5.10. The van der Waals surface area contributed by atoms with Crippen molar-refractivity contribution in [3.05, 3.63) is 11.6 Å². The Labute approximate surface area is 93.9 Å². The molecule has 0 aromatic carbocycles. The van der Waals surface area contributed by atoms with Gasteiger partial charge in [0, 0.05) is 18.1 Å². The van der Waals surface area contributed by atoms with Crippen molar-refractivity contribution in [3.63, 3.8) is 0 Å². The Hall–Kier alpha value is -1.10. The van der Waals surface area contributed by atoms with Gasteiger partial charge in [-0.15, -0.1) is 11.3 Å². The first-order valence-electron chi connectivity index (χ1n) is 5.08. The van der Waals surface area contributed by atoms with E-state index in [-0.39, 0.29) is 12.5 Å². The largest absolute Gasteiger partial charge is 0.465 e. The molecule has 0 N–H and O–H groups in total. The van der Waals surface area contributed by atoms with E-state index < -0.39 is 0 Å². The number of aromatic nitrogens is 1. The van der Waals surface area contributed by atoms with Gasteiger partial charge in [0.1, 0.15) is 6.54 Å². The van der Waals surface area contributed by atoms with Crippen molar-refractivity contribution in [3.8, 4) is 0 Å². The summed E-state index contributed by atoms with van der Waals surface area (Å²) in [6.07, 6.45) is 2.73. The SMILES string of the molecule is CCCN(CC(=O)OCC)c1nccs1. The molecule has 15 heavy (non-hydrogen) atoms. The van der Waals surface area contributed by atoms with Crippen molar-refractivity contribution < 1.29 is 9.53 Å².